The van der Waals surface area contributed by atoms with Gasteiger partial charge in [0.25, 0.3) is 0 Å². The lowest BCUT2D eigenvalue weighted by Gasteiger charge is -2.04. The number of furan rings is 1. The van der Waals surface area contributed by atoms with Gasteiger partial charge >= 0.3 is 0 Å². The third-order valence-corrected chi connectivity index (χ3v) is 3.03. The first-order chi connectivity index (χ1) is 7.70. The van der Waals surface area contributed by atoms with Crippen LogP contribution in [0.4, 0.5) is 0 Å². The van der Waals surface area contributed by atoms with Gasteiger partial charge in [-0.05, 0) is 30.7 Å². The fourth-order valence-electron chi connectivity index (χ4n) is 1.55. The zero-order valence-electron chi connectivity index (χ0n) is 9.11. The van der Waals surface area contributed by atoms with Crippen LogP contribution in [0.5, 0.6) is 0 Å². The van der Waals surface area contributed by atoms with E-state index in [0.29, 0.717) is 0 Å². The molecule has 1 atom stereocenters. The molecule has 2 nitrogen and oxygen atoms in total. The zero-order valence-corrected chi connectivity index (χ0v) is 10.7. The first-order valence-electron chi connectivity index (χ1n) is 5.32. The van der Waals surface area contributed by atoms with E-state index in [1.165, 1.54) is 0 Å². The van der Waals surface area contributed by atoms with E-state index in [0.717, 1.165) is 28.0 Å². The first-order valence-corrected chi connectivity index (χ1v) is 6.11. The second-order valence-electron chi connectivity index (χ2n) is 3.73. The van der Waals surface area contributed by atoms with E-state index >= 15 is 0 Å². The maximum absolute atomic E-state index is 5.91. The summed E-state index contributed by atoms with van der Waals surface area (Å²) in [5.41, 5.74) is 6.97. The molecule has 1 unspecified atom stereocenters. The Morgan fingerprint density at radius 2 is 2.12 bits per heavy atom. The standard InChI is InChI=1S/C13H14BrNO/c1-2-11(15)13-7-6-12(16-13)9-4-3-5-10(14)8-9/h3-8,11H,2,15H2,1H3. The quantitative estimate of drug-likeness (QED) is 0.918. The Morgan fingerprint density at radius 3 is 2.81 bits per heavy atom. The molecule has 84 valence electrons. The lowest BCUT2D eigenvalue weighted by Crippen LogP contribution is -2.06. The van der Waals surface area contributed by atoms with Crippen molar-refractivity contribution in [2.24, 2.45) is 5.73 Å². The van der Waals surface area contributed by atoms with E-state index in [1.54, 1.807) is 0 Å². The Bertz CT molecular complexity index is 478. The summed E-state index contributed by atoms with van der Waals surface area (Å²) in [6.07, 6.45) is 0.880. The van der Waals surface area contributed by atoms with Gasteiger partial charge in [-0.2, -0.15) is 0 Å². The molecule has 2 N–H and O–H groups in total. The molecule has 0 fully saturated rings. The molecule has 0 saturated heterocycles. The molecule has 0 amide bonds. The molecule has 0 radical (unpaired) electrons. The van der Waals surface area contributed by atoms with E-state index in [4.69, 9.17) is 10.2 Å². The van der Waals surface area contributed by atoms with Gasteiger partial charge in [0.1, 0.15) is 11.5 Å². The molecule has 0 aliphatic carbocycles. The summed E-state index contributed by atoms with van der Waals surface area (Å²) in [7, 11) is 0. The minimum absolute atomic E-state index is 0.0131. The Kier molecular flexibility index (Phi) is 3.46. The first kappa shape index (κ1) is 11.4. The minimum atomic E-state index is -0.0131. The lowest BCUT2D eigenvalue weighted by atomic mass is 10.2. The lowest BCUT2D eigenvalue weighted by molar-refractivity contribution is 0.470. The van der Waals surface area contributed by atoms with E-state index in [-0.39, 0.29) is 6.04 Å². The number of nitrogens with two attached hydrogens (primary N) is 1. The molecule has 16 heavy (non-hydrogen) atoms. The van der Waals surface area contributed by atoms with Gasteiger partial charge in [0.2, 0.25) is 0 Å². The SMILES string of the molecule is CCC(N)c1ccc(-c2cccc(Br)c2)o1. The van der Waals surface area contributed by atoms with Crippen LogP contribution in [0, 0.1) is 0 Å². The van der Waals surface area contributed by atoms with Gasteiger partial charge < -0.3 is 10.2 Å². The van der Waals surface area contributed by atoms with Gasteiger partial charge in [-0.1, -0.05) is 35.0 Å². The number of rotatable bonds is 3. The van der Waals surface area contributed by atoms with Crippen LogP contribution >= 0.6 is 15.9 Å². The van der Waals surface area contributed by atoms with E-state index in [2.05, 4.69) is 15.9 Å². The van der Waals surface area contributed by atoms with Crippen LogP contribution in [0.3, 0.4) is 0 Å². The molecule has 0 aliphatic rings. The molecule has 0 aliphatic heterocycles. The predicted octanol–water partition coefficient (Wildman–Crippen LogP) is 4.12. The van der Waals surface area contributed by atoms with Crippen LogP contribution in [-0.2, 0) is 0 Å². The molecule has 1 heterocycles. The Hall–Kier alpha value is -1.06. The van der Waals surface area contributed by atoms with Crippen LogP contribution in [0.1, 0.15) is 25.1 Å². The molecular weight excluding hydrogens is 266 g/mol. The van der Waals surface area contributed by atoms with Gasteiger partial charge in [-0.25, -0.2) is 0 Å². The van der Waals surface area contributed by atoms with Crippen molar-refractivity contribution in [3.8, 4) is 11.3 Å². The van der Waals surface area contributed by atoms with Crippen molar-refractivity contribution in [1.29, 1.82) is 0 Å². The van der Waals surface area contributed by atoms with Gasteiger partial charge in [0.05, 0.1) is 6.04 Å². The number of hydrogen-bond donors (Lipinski definition) is 1. The highest BCUT2D eigenvalue weighted by Gasteiger charge is 2.10. The molecule has 2 aromatic rings. The summed E-state index contributed by atoms with van der Waals surface area (Å²) in [4.78, 5) is 0. The van der Waals surface area contributed by atoms with E-state index in [1.807, 2.05) is 43.3 Å². The predicted molar refractivity (Wildman–Crippen MR) is 69.1 cm³/mol. The number of hydrogen-bond acceptors (Lipinski definition) is 2. The monoisotopic (exact) mass is 279 g/mol. The van der Waals surface area contributed by atoms with Gasteiger partial charge in [0, 0.05) is 10.0 Å². The Labute approximate surface area is 104 Å². The largest absolute Gasteiger partial charge is 0.459 e. The minimum Gasteiger partial charge on any atom is -0.459 e. The van der Waals surface area contributed by atoms with Crippen molar-refractivity contribution < 1.29 is 4.42 Å². The van der Waals surface area contributed by atoms with Gasteiger partial charge in [-0.15, -0.1) is 0 Å². The van der Waals surface area contributed by atoms with E-state index < -0.39 is 0 Å². The van der Waals surface area contributed by atoms with Crippen LogP contribution in [0.15, 0.2) is 45.3 Å². The molecule has 0 saturated carbocycles. The summed E-state index contributed by atoms with van der Waals surface area (Å²) in [6.45, 7) is 2.05. The molecule has 0 bridgehead atoms. The smallest absolute Gasteiger partial charge is 0.134 e. The highest BCUT2D eigenvalue weighted by Crippen LogP contribution is 2.27. The highest BCUT2D eigenvalue weighted by molar-refractivity contribution is 9.10. The molecule has 0 spiro atoms. The van der Waals surface area contributed by atoms with Crippen LogP contribution < -0.4 is 5.73 Å². The zero-order chi connectivity index (χ0) is 11.5. The van der Waals surface area contributed by atoms with Gasteiger partial charge in [-0.3, -0.25) is 0 Å². The summed E-state index contributed by atoms with van der Waals surface area (Å²) in [5.74, 6) is 1.71. The fourth-order valence-corrected chi connectivity index (χ4v) is 1.95. The molecule has 2 rings (SSSR count). The van der Waals surface area contributed by atoms with Crippen LogP contribution in [-0.4, -0.2) is 0 Å². The summed E-state index contributed by atoms with van der Waals surface area (Å²) >= 11 is 3.44. The highest BCUT2D eigenvalue weighted by atomic mass is 79.9. The average Bonchev–Trinajstić information content (AvgIpc) is 2.77. The van der Waals surface area contributed by atoms with Crippen molar-refractivity contribution in [1.82, 2.24) is 0 Å². The second-order valence-corrected chi connectivity index (χ2v) is 4.64. The topological polar surface area (TPSA) is 39.2 Å². The molecule has 3 heteroatoms. The third-order valence-electron chi connectivity index (χ3n) is 2.54. The molecular formula is C13H14BrNO. The van der Waals surface area contributed by atoms with Crippen LogP contribution in [0.25, 0.3) is 11.3 Å². The van der Waals surface area contributed by atoms with E-state index in [9.17, 15) is 0 Å². The van der Waals surface area contributed by atoms with Gasteiger partial charge in [0.15, 0.2) is 0 Å². The maximum atomic E-state index is 5.91. The molecule has 1 aromatic heterocycles. The fraction of sp³-hybridized carbons (Fsp3) is 0.231. The Morgan fingerprint density at radius 1 is 1.31 bits per heavy atom. The Balaban J connectivity index is 2.31. The van der Waals surface area contributed by atoms with Crippen molar-refractivity contribution >= 4 is 15.9 Å². The summed E-state index contributed by atoms with van der Waals surface area (Å²) in [6, 6.07) is 11.9. The van der Waals surface area contributed by atoms with Crippen LogP contribution in [0.2, 0.25) is 0 Å². The van der Waals surface area contributed by atoms with Crippen molar-refractivity contribution in [2.75, 3.05) is 0 Å². The maximum Gasteiger partial charge on any atom is 0.134 e. The third kappa shape index (κ3) is 2.36. The summed E-state index contributed by atoms with van der Waals surface area (Å²) < 4.78 is 6.78. The number of halogens is 1. The van der Waals surface area contributed by atoms with Crippen molar-refractivity contribution in [3.05, 3.63) is 46.6 Å². The van der Waals surface area contributed by atoms with Crippen molar-refractivity contribution in [2.45, 2.75) is 19.4 Å². The second kappa shape index (κ2) is 4.85. The molecule has 1 aromatic carbocycles. The number of benzene rings is 1. The van der Waals surface area contributed by atoms with Crippen molar-refractivity contribution in [3.63, 3.8) is 0 Å². The summed E-state index contributed by atoms with van der Waals surface area (Å²) in [5, 5.41) is 0. The normalized spacial score (nSPS) is 12.7. The average molecular weight is 280 g/mol.